The van der Waals surface area contributed by atoms with Crippen LogP contribution in [-0.2, 0) is 6.54 Å². The maximum absolute atomic E-state index is 13.0. The van der Waals surface area contributed by atoms with E-state index in [1.165, 1.54) is 0 Å². The van der Waals surface area contributed by atoms with E-state index in [2.05, 4.69) is 20.3 Å². The highest BCUT2D eigenvalue weighted by molar-refractivity contribution is 6.04. The van der Waals surface area contributed by atoms with Crippen molar-refractivity contribution in [3.05, 3.63) is 77.9 Å². The minimum atomic E-state index is -0.142. The molecule has 0 fully saturated rings. The molecule has 1 aromatic carbocycles. The number of carbonyl (C=O) groups excluding carboxylic acids is 1. The van der Waals surface area contributed by atoms with Gasteiger partial charge in [0.15, 0.2) is 0 Å². The van der Waals surface area contributed by atoms with Crippen LogP contribution in [0.2, 0.25) is 0 Å². The molecule has 2 aromatic heterocycles. The second-order valence-corrected chi connectivity index (χ2v) is 5.81. The smallest absolute Gasteiger partial charge is 0.277 e. The van der Waals surface area contributed by atoms with Crippen molar-refractivity contribution in [2.75, 3.05) is 16.8 Å². The van der Waals surface area contributed by atoms with E-state index in [1.54, 1.807) is 23.4 Å². The Morgan fingerprint density at radius 1 is 1.08 bits per heavy atom. The van der Waals surface area contributed by atoms with Crippen LogP contribution in [0.15, 0.2) is 60.9 Å². The van der Waals surface area contributed by atoms with Crippen LogP contribution in [0.5, 0.6) is 0 Å². The number of carbonyl (C=O) groups is 1. The number of pyridine rings is 1. The van der Waals surface area contributed by atoms with Gasteiger partial charge in [0.1, 0.15) is 5.69 Å². The van der Waals surface area contributed by atoms with E-state index in [9.17, 15) is 4.79 Å². The van der Waals surface area contributed by atoms with E-state index in [0.717, 1.165) is 16.9 Å². The van der Waals surface area contributed by atoms with Gasteiger partial charge in [-0.15, -0.1) is 0 Å². The van der Waals surface area contributed by atoms with Crippen molar-refractivity contribution < 1.29 is 4.79 Å². The molecule has 0 saturated carbocycles. The van der Waals surface area contributed by atoms with Gasteiger partial charge in [0.25, 0.3) is 5.91 Å². The summed E-state index contributed by atoms with van der Waals surface area (Å²) in [5.74, 6) is 0.297. The summed E-state index contributed by atoms with van der Waals surface area (Å²) in [5.41, 5.74) is 3.03. The molecule has 0 aliphatic carbocycles. The van der Waals surface area contributed by atoms with Gasteiger partial charge in [0.2, 0.25) is 5.95 Å². The van der Waals surface area contributed by atoms with E-state index in [4.69, 9.17) is 0 Å². The predicted octanol–water partition coefficient (Wildman–Crippen LogP) is 3.46. The minimum absolute atomic E-state index is 0.142. The van der Waals surface area contributed by atoms with E-state index >= 15 is 0 Å². The first kappa shape index (κ1) is 17.5. The number of aromatic nitrogens is 3. The number of para-hydroxylation sites is 1. The summed E-state index contributed by atoms with van der Waals surface area (Å²) < 4.78 is 0. The van der Waals surface area contributed by atoms with Crippen LogP contribution in [-0.4, -0.2) is 27.4 Å². The van der Waals surface area contributed by atoms with E-state index in [0.29, 0.717) is 24.7 Å². The molecule has 0 aliphatic rings. The summed E-state index contributed by atoms with van der Waals surface area (Å²) in [5, 5.41) is 3.17. The van der Waals surface area contributed by atoms with Crippen LogP contribution in [0.3, 0.4) is 0 Å². The normalized spacial score (nSPS) is 10.4. The minimum Gasteiger partial charge on any atom is -0.350 e. The quantitative estimate of drug-likeness (QED) is 0.739. The molecular weight excluding hydrogens is 326 g/mol. The first-order chi connectivity index (χ1) is 12.7. The third-order valence-corrected chi connectivity index (χ3v) is 3.90. The summed E-state index contributed by atoms with van der Waals surface area (Å²) in [6, 6.07) is 15.1. The average molecular weight is 347 g/mol. The number of hydrogen-bond acceptors (Lipinski definition) is 5. The van der Waals surface area contributed by atoms with Gasteiger partial charge in [0.05, 0.1) is 0 Å². The Bertz CT molecular complexity index is 868. The molecule has 0 bridgehead atoms. The molecule has 1 amide bonds. The Kier molecular flexibility index (Phi) is 5.53. The molecule has 3 rings (SSSR count). The van der Waals surface area contributed by atoms with Gasteiger partial charge >= 0.3 is 0 Å². The monoisotopic (exact) mass is 347 g/mol. The number of rotatable bonds is 6. The van der Waals surface area contributed by atoms with E-state index < -0.39 is 0 Å². The Morgan fingerprint density at radius 2 is 1.81 bits per heavy atom. The highest BCUT2D eigenvalue weighted by atomic mass is 16.2. The number of anilines is 2. The van der Waals surface area contributed by atoms with Crippen LogP contribution in [0, 0.1) is 6.92 Å². The zero-order valence-electron chi connectivity index (χ0n) is 14.9. The molecule has 26 heavy (non-hydrogen) atoms. The van der Waals surface area contributed by atoms with Gasteiger partial charge in [0, 0.05) is 36.9 Å². The van der Waals surface area contributed by atoms with Gasteiger partial charge in [-0.2, -0.15) is 0 Å². The van der Waals surface area contributed by atoms with Gasteiger partial charge in [-0.25, -0.2) is 9.97 Å². The first-order valence-corrected chi connectivity index (χ1v) is 8.52. The largest absolute Gasteiger partial charge is 0.350 e. The summed E-state index contributed by atoms with van der Waals surface area (Å²) in [7, 11) is 0. The predicted molar refractivity (Wildman–Crippen MR) is 102 cm³/mol. The fourth-order valence-corrected chi connectivity index (χ4v) is 2.63. The van der Waals surface area contributed by atoms with Crippen LogP contribution in [0.1, 0.15) is 28.7 Å². The Balaban J connectivity index is 1.81. The maximum atomic E-state index is 13.0. The molecule has 6 nitrogen and oxygen atoms in total. The van der Waals surface area contributed by atoms with Crippen LogP contribution in [0.4, 0.5) is 11.6 Å². The van der Waals surface area contributed by atoms with Crippen molar-refractivity contribution in [3.8, 4) is 0 Å². The Morgan fingerprint density at radius 3 is 2.50 bits per heavy atom. The van der Waals surface area contributed by atoms with Gasteiger partial charge in [-0.1, -0.05) is 18.2 Å². The topological polar surface area (TPSA) is 71.0 Å². The Labute approximate surface area is 153 Å². The molecule has 1 N–H and O–H groups in total. The second-order valence-electron chi connectivity index (χ2n) is 5.81. The van der Waals surface area contributed by atoms with Crippen molar-refractivity contribution in [3.63, 3.8) is 0 Å². The fraction of sp³-hybridized carbons (Fsp3) is 0.200. The van der Waals surface area contributed by atoms with Crippen LogP contribution < -0.4 is 10.2 Å². The summed E-state index contributed by atoms with van der Waals surface area (Å²) in [6.45, 7) is 4.93. The summed E-state index contributed by atoms with van der Waals surface area (Å²) >= 11 is 0. The third kappa shape index (κ3) is 4.22. The maximum Gasteiger partial charge on any atom is 0.277 e. The lowest BCUT2D eigenvalue weighted by Crippen LogP contribution is -2.31. The SMILES string of the molecule is CCN(C(=O)c1cc(C)nc(NCc2ccncc2)n1)c1ccccc1. The molecule has 2 heterocycles. The molecule has 0 radical (unpaired) electrons. The number of nitrogens with one attached hydrogen (secondary N) is 1. The Hall–Kier alpha value is -3.28. The molecule has 0 spiro atoms. The molecule has 0 saturated heterocycles. The van der Waals surface area contributed by atoms with Crippen molar-refractivity contribution in [1.82, 2.24) is 15.0 Å². The zero-order valence-corrected chi connectivity index (χ0v) is 14.9. The molecular formula is C20H21N5O. The summed E-state index contributed by atoms with van der Waals surface area (Å²) in [4.78, 5) is 27.5. The number of aryl methyl sites for hydroxylation is 1. The lowest BCUT2D eigenvalue weighted by Gasteiger charge is -2.21. The number of amides is 1. The van der Waals surface area contributed by atoms with E-state index in [1.807, 2.05) is 56.3 Å². The molecule has 0 aliphatic heterocycles. The summed E-state index contributed by atoms with van der Waals surface area (Å²) in [6.07, 6.45) is 3.48. The molecule has 0 unspecified atom stereocenters. The molecule has 6 heteroatoms. The second kappa shape index (κ2) is 8.20. The van der Waals surface area contributed by atoms with E-state index in [-0.39, 0.29) is 5.91 Å². The highest BCUT2D eigenvalue weighted by Crippen LogP contribution is 2.17. The number of benzene rings is 1. The lowest BCUT2D eigenvalue weighted by molar-refractivity contribution is 0.0983. The van der Waals surface area contributed by atoms with Crippen molar-refractivity contribution in [2.45, 2.75) is 20.4 Å². The molecule has 0 atom stereocenters. The van der Waals surface area contributed by atoms with Crippen LogP contribution in [0.25, 0.3) is 0 Å². The molecule has 132 valence electrons. The zero-order chi connectivity index (χ0) is 18.4. The van der Waals surface area contributed by atoms with Crippen molar-refractivity contribution in [2.24, 2.45) is 0 Å². The van der Waals surface area contributed by atoms with Crippen LogP contribution >= 0.6 is 0 Å². The number of hydrogen-bond donors (Lipinski definition) is 1. The highest BCUT2D eigenvalue weighted by Gasteiger charge is 2.18. The standard InChI is InChI=1S/C20H21N5O/c1-3-25(17-7-5-4-6-8-17)19(26)18-13-15(2)23-20(24-18)22-14-16-9-11-21-12-10-16/h4-13H,3,14H2,1-2H3,(H,22,23,24). The van der Waals surface area contributed by atoms with Crippen molar-refractivity contribution >= 4 is 17.5 Å². The third-order valence-electron chi connectivity index (χ3n) is 3.90. The fourth-order valence-electron chi connectivity index (χ4n) is 2.63. The lowest BCUT2D eigenvalue weighted by atomic mass is 10.2. The van der Waals surface area contributed by atoms with Gasteiger partial charge in [-0.05, 0) is 49.7 Å². The molecule has 3 aromatic rings. The average Bonchev–Trinajstić information content (AvgIpc) is 2.68. The first-order valence-electron chi connectivity index (χ1n) is 8.52. The van der Waals surface area contributed by atoms with Gasteiger partial charge < -0.3 is 10.2 Å². The van der Waals surface area contributed by atoms with Gasteiger partial charge in [-0.3, -0.25) is 9.78 Å². The number of nitrogens with zero attached hydrogens (tertiary/aromatic N) is 4. The van der Waals surface area contributed by atoms with Crippen molar-refractivity contribution in [1.29, 1.82) is 0 Å².